The molecule has 0 aliphatic carbocycles. The van der Waals surface area contributed by atoms with Crippen molar-refractivity contribution in [2.75, 3.05) is 31.0 Å². The first-order valence-corrected chi connectivity index (χ1v) is 8.30. The lowest BCUT2D eigenvalue weighted by atomic mass is 10.1. The van der Waals surface area contributed by atoms with Gasteiger partial charge < -0.3 is 10.1 Å². The third-order valence-corrected chi connectivity index (χ3v) is 3.78. The normalized spacial score (nSPS) is 10.5. The second-order valence-electron chi connectivity index (χ2n) is 4.61. The smallest absolute Gasteiger partial charge is 0.340 e. The van der Waals surface area contributed by atoms with Crippen LogP contribution >= 0.6 is 11.8 Å². The van der Waals surface area contributed by atoms with Crippen LogP contribution in [0.2, 0.25) is 0 Å². The van der Waals surface area contributed by atoms with Gasteiger partial charge in [-0.2, -0.15) is 11.8 Å². The van der Waals surface area contributed by atoms with E-state index in [1.807, 2.05) is 11.8 Å². The second-order valence-corrected chi connectivity index (χ2v) is 5.60. The fraction of sp³-hybridized carbons (Fsp3) is 0.533. The van der Waals surface area contributed by atoms with Crippen LogP contribution in [0, 0.1) is 11.6 Å². The van der Waals surface area contributed by atoms with Crippen LogP contribution in [0.15, 0.2) is 12.1 Å². The molecule has 1 N–H and O–H groups in total. The van der Waals surface area contributed by atoms with E-state index in [4.69, 9.17) is 0 Å². The molecule has 0 heterocycles. The number of carbonyl (C=O) groups is 1. The zero-order valence-electron chi connectivity index (χ0n) is 12.4. The summed E-state index contributed by atoms with van der Waals surface area (Å²) in [5, 5.41) is 2.86. The Hall–Kier alpha value is -1.30. The quantitative estimate of drug-likeness (QED) is 0.550. The molecule has 0 atom stereocenters. The Morgan fingerprint density at radius 3 is 2.57 bits per heavy atom. The van der Waals surface area contributed by atoms with Crippen LogP contribution in [0.1, 0.15) is 36.0 Å². The summed E-state index contributed by atoms with van der Waals surface area (Å²) in [6.45, 7) is 0.577. The average Bonchev–Trinajstić information content (AvgIpc) is 2.49. The predicted molar refractivity (Wildman–Crippen MR) is 83.0 cm³/mol. The minimum Gasteiger partial charge on any atom is -0.465 e. The van der Waals surface area contributed by atoms with Crippen molar-refractivity contribution in [2.45, 2.75) is 25.7 Å². The number of carbonyl (C=O) groups excluding carboxylic acids is 1. The van der Waals surface area contributed by atoms with Gasteiger partial charge in [-0.05, 0) is 37.0 Å². The van der Waals surface area contributed by atoms with Gasteiger partial charge in [0.05, 0.1) is 18.4 Å². The summed E-state index contributed by atoms with van der Waals surface area (Å²) in [6, 6.07) is 2.59. The van der Waals surface area contributed by atoms with Gasteiger partial charge in [0.2, 0.25) is 0 Å². The molecule has 0 bridgehead atoms. The maximum absolute atomic E-state index is 13.8. The number of nitrogens with one attached hydrogen (secondary N) is 1. The molecule has 0 saturated carbocycles. The van der Waals surface area contributed by atoms with Crippen LogP contribution in [0.5, 0.6) is 0 Å². The highest BCUT2D eigenvalue weighted by Gasteiger charge is 2.18. The predicted octanol–water partition coefficient (Wildman–Crippen LogP) is 4.09. The van der Waals surface area contributed by atoms with E-state index < -0.39 is 23.2 Å². The molecule has 1 aromatic carbocycles. The van der Waals surface area contributed by atoms with Crippen molar-refractivity contribution in [1.29, 1.82) is 0 Å². The summed E-state index contributed by atoms with van der Waals surface area (Å²) in [7, 11) is 1.13. The number of ether oxygens (including phenoxy) is 1. The fourth-order valence-electron chi connectivity index (χ4n) is 1.90. The molecule has 21 heavy (non-hydrogen) atoms. The molecule has 118 valence electrons. The number of hydrogen-bond acceptors (Lipinski definition) is 4. The maximum Gasteiger partial charge on any atom is 0.340 e. The molecule has 3 nitrogen and oxygen atoms in total. The van der Waals surface area contributed by atoms with Crippen LogP contribution in [0.25, 0.3) is 0 Å². The van der Waals surface area contributed by atoms with Gasteiger partial charge in [-0.3, -0.25) is 0 Å². The van der Waals surface area contributed by atoms with Gasteiger partial charge in [-0.25, -0.2) is 13.6 Å². The van der Waals surface area contributed by atoms with Gasteiger partial charge in [0, 0.05) is 6.54 Å². The largest absolute Gasteiger partial charge is 0.465 e. The molecular formula is C15H21F2NO2S. The molecule has 0 fully saturated rings. The first-order valence-electron chi connectivity index (χ1n) is 6.91. The molecule has 0 aromatic heterocycles. The summed E-state index contributed by atoms with van der Waals surface area (Å²) in [6.07, 6.45) is 6.35. The lowest BCUT2D eigenvalue weighted by Gasteiger charge is -2.10. The zero-order chi connectivity index (χ0) is 15.7. The van der Waals surface area contributed by atoms with E-state index in [9.17, 15) is 13.6 Å². The summed E-state index contributed by atoms with van der Waals surface area (Å²) in [5.41, 5.74) is -0.318. The Kier molecular flexibility index (Phi) is 8.12. The summed E-state index contributed by atoms with van der Waals surface area (Å²) in [5.74, 6) is -1.94. The number of rotatable bonds is 9. The van der Waals surface area contributed by atoms with Crippen LogP contribution in [0.4, 0.5) is 14.5 Å². The third-order valence-electron chi connectivity index (χ3n) is 3.08. The maximum atomic E-state index is 13.8. The molecule has 0 amide bonds. The van der Waals surface area contributed by atoms with E-state index in [2.05, 4.69) is 16.3 Å². The highest BCUT2D eigenvalue weighted by atomic mass is 32.2. The van der Waals surface area contributed by atoms with E-state index in [0.29, 0.717) is 6.54 Å². The molecule has 0 spiro atoms. The zero-order valence-corrected chi connectivity index (χ0v) is 13.2. The minimum atomic E-state index is -1.17. The summed E-state index contributed by atoms with van der Waals surface area (Å²) >= 11 is 1.83. The Labute approximate surface area is 128 Å². The van der Waals surface area contributed by atoms with Crippen molar-refractivity contribution in [3.8, 4) is 0 Å². The lowest BCUT2D eigenvalue weighted by molar-refractivity contribution is 0.0594. The van der Waals surface area contributed by atoms with Crippen LogP contribution in [0.3, 0.4) is 0 Å². The van der Waals surface area contributed by atoms with Crippen molar-refractivity contribution in [2.24, 2.45) is 0 Å². The molecule has 1 rings (SSSR count). The molecule has 1 aromatic rings. The Bertz CT molecular complexity index is 469. The second kappa shape index (κ2) is 9.60. The number of esters is 1. The van der Waals surface area contributed by atoms with Gasteiger partial charge in [0.1, 0.15) is 0 Å². The molecule has 0 aliphatic rings. The lowest BCUT2D eigenvalue weighted by Crippen LogP contribution is -2.10. The van der Waals surface area contributed by atoms with Crippen molar-refractivity contribution in [3.63, 3.8) is 0 Å². The SMILES string of the molecule is COC(=O)c1ccc(NCCCCCCSC)c(F)c1F. The average molecular weight is 317 g/mol. The Morgan fingerprint density at radius 1 is 1.19 bits per heavy atom. The van der Waals surface area contributed by atoms with Crippen molar-refractivity contribution >= 4 is 23.4 Å². The van der Waals surface area contributed by atoms with E-state index in [-0.39, 0.29) is 5.69 Å². The first kappa shape index (κ1) is 17.8. The number of hydrogen-bond donors (Lipinski definition) is 1. The van der Waals surface area contributed by atoms with Gasteiger partial charge in [0.25, 0.3) is 0 Å². The van der Waals surface area contributed by atoms with E-state index in [1.54, 1.807) is 0 Å². The minimum absolute atomic E-state index is 0.0734. The number of methoxy groups -OCH3 is 1. The fourth-order valence-corrected chi connectivity index (χ4v) is 2.39. The van der Waals surface area contributed by atoms with E-state index in [0.717, 1.165) is 32.1 Å². The highest BCUT2D eigenvalue weighted by Crippen LogP contribution is 2.21. The molecule has 6 heteroatoms. The third kappa shape index (κ3) is 5.53. The Balaban J connectivity index is 2.46. The monoisotopic (exact) mass is 317 g/mol. The van der Waals surface area contributed by atoms with Crippen molar-refractivity contribution in [3.05, 3.63) is 29.3 Å². The molecule has 0 unspecified atom stereocenters. The molecular weight excluding hydrogens is 296 g/mol. The first-order chi connectivity index (χ1) is 10.1. The van der Waals surface area contributed by atoms with Crippen molar-refractivity contribution < 1.29 is 18.3 Å². The highest BCUT2D eigenvalue weighted by molar-refractivity contribution is 7.98. The van der Waals surface area contributed by atoms with Crippen LogP contribution in [-0.2, 0) is 4.74 Å². The summed E-state index contributed by atoms with van der Waals surface area (Å²) < 4.78 is 31.9. The summed E-state index contributed by atoms with van der Waals surface area (Å²) in [4.78, 5) is 11.2. The van der Waals surface area contributed by atoms with Crippen LogP contribution in [-0.4, -0.2) is 31.6 Å². The molecule has 0 saturated heterocycles. The molecule has 0 radical (unpaired) electrons. The van der Waals surface area contributed by atoms with E-state index in [1.165, 1.54) is 18.6 Å². The Morgan fingerprint density at radius 2 is 1.90 bits per heavy atom. The van der Waals surface area contributed by atoms with Gasteiger partial charge in [-0.1, -0.05) is 12.8 Å². The number of anilines is 1. The number of halogens is 2. The number of unbranched alkanes of at least 4 members (excludes halogenated alkanes) is 3. The van der Waals surface area contributed by atoms with Gasteiger partial charge >= 0.3 is 5.97 Å². The standard InChI is InChI=1S/C15H21F2NO2S/c1-20-15(19)11-7-8-12(14(17)13(11)16)18-9-5-3-4-6-10-21-2/h7-8,18H,3-6,9-10H2,1-2H3. The molecule has 0 aliphatic heterocycles. The number of benzene rings is 1. The topological polar surface area (TPSA) is 38.3 Å². The van der Waals surface area contributed by atoms with E-state index >= 15 is 0 Å². The van der Waals surface area contributed by atoms with Gasteiger partial charge in [0.15, 0.2) is 11.6 Å². The van der Waals surface area contributed by atoms with Crippen molar-refractivity contribution in [1.82, 2.24) is 0 Å². The van der Waals surface area contributed by atoms with Crippen LogP contribution < -0.4 is 5.32 Å². The number of thioether (sulfide) groups is 1. The van der Waals surface area contributed by atoms with Gasteiger partial charge in [-0.15, -0.1) is 0 Å².